The van der Waals surface area contributed by atoms with Gasteiger partial charge in [-0.05, 0) is 18.6 Å². The monoisotopic (exact) mass is 216 g/mol. The Labute approximate surface area is 93.3 Å². The Hall–Kier alpha value is -2.10. The predicted molar refractivity (Wildman–Crippen MR) is 60.2 cm³/mol. The van der Waals surface area contributed by atoms with Gasteiger partial charge in [0.25, 0.3) is 5.91 Å². The predicted octanol–water partition coefficient (Wildman–Crippen LogP) is 0.662. The van der Waals surface area contributed by atoms with E-state index in [1.54, 1.807) is 13.0 Å². The minimum Gasteiger partial charge on any atom is -0.339 e. The van der Waals surface area contributed by atoms with Gasteiger partial charge in [-0.1, -0.05) is 30.3 Å². The molecule has 1 heterocycles. The SMILES string of the molecule is C[C@H]1NC(=O)C(=Cc2ccccc2)NC1=O. The lowest BCUT2D eigenvalue weighted by atomic mass is 10.1. The number of hydrogen-bond acceptors (Lipinski definition) is 2. The highest BCUT2D eigenvalue weighted by atomic mass is 16.2. The van der Waals surface area contributed by atoms with Crippen LogP contribution in [0.3, 0.4) is 0 Å². The summed E-state index contributed by atoms with van der Waals surface area (Å²) in [6.45, 7) is 1.65. The lowest BCUT2D eigenvalue weighted by Crippen LogP contribution is -2.53. The zero-order chi connectivity index (χ0) is 11.5. The highest BCUT2D eigenvalue weighted by Gasteiger charge is 2.25. The van der Waals surface area contributed by atoms with Crippen LogP contribution in [0.25, 0.3) is 6.08 Å². The third-order valence-corrected chi connectivity index (χ3v) is 2.35. The lowest BCUT2D eigenvalue weighted by molar-refractivity contribution is -0.130. The van der Waals surface area contributed by atoms with Crippen molar-refractivity contribution in [2.75, 3.05) is 0 Å². The number of amides is 2. The molecule has 2 rings (SSSR count). The van der Waals surface area contributed by atoms with Crippen molar-refractivity contribution in [1.82, 2.24) is 10.6 Å². The fourth-order valence-electron chi connectivity index (χ4n) is 1.46. The summed E-state index contributed by atoms with van der Waals surface area (Å²) in [7, 11) is 0. The fourth-order valence-corrected chi connectivity index (χ4v) is 1.46. The molecule has 0 radical (unpaired) electrons. The molecule has 1 atom stereocenters. The van der Waals surface area contributed by atoms with Gasteiger partial charge in [-0.15, -0.1) is 0 Å². The van der Waals surface area contributed by atoms with Crippen molar-refractivity contribution in [1.29, 1.82) is 0 Å². The summed E-state index contributed by atoms with van der Waals surface area (Å²) in [6.07, 6.45) is 1.65. The molecule has 0 bridgehead atoms. The third-order valence-electron chi connectivity index (χ3n) is 2.35. The highest BCUT2D eigenvalue weighted by Crippen LogP contribution is 2.07. The van der Waals surface area contributed by atoms with Crippen molar-refractivity contribution < 1.29 is 9.59 Å². The van der Waals surface area contributed by atoms with E-state index in [0.717, 1.165) is 5.56 Å². The minimum atomic E-state index is -0.472. The van der Waals surface area contributed by atoms with Crippen LogP contribution in [-0.2, 0) is 9.59 Å². The highest BCUT2D eigenvalue weighted by molar-refractivity contribution is 6.07. The van der Waals surface area contributed by atoms with Crippen molar-refractivity contribution in [3.8, 4) is 0 Å². The molecule has 2 amide bonds. The van der Waals surface area contributed by atoms with E-state index in [2.05, 4.69) is 10.6 Å². The smallest absolute Gasteiger partial charge is 0.268 e. The Bertz CT molecular complexity index is 451. The van der Waals surface area contributed by atoms with Gasteiger partial charge in [0.2, 0.25) is 5.91 Å². The van der Waals surface area contributed by atoms with Gasteiger partial charge < -0.3 is 10.6 Å². The molecule has 0 unspecified atom stereocenters. The van der Waals surface area contributed by atoms with E-state index in [4.69, 9.17) is 0 Å². The molecule has 1 aromatic carbocycles. The van der Waals surface area contributed by atoms with Crippen LogP contribution in [0, 0.1) is 0 Å². The van der Waals surface area contributed by atoms with E-state index in [-0.39, 0.29) is 17.5 Å². The second kappa shape index (κ2) is 4.18. The minimum absolute atomic E-state index is 0.193. The quantitative estimate of drug-likeness (QED) is 0.677. The molecule has 4 heteroatoms. The number of carbonyl (C=O) groups is 2. The number of piperazine rings is 1. The summed E-state index contributed by atoms with van der Waals surface area (Å²) in [6, 6.07) is 8.90. The van der Waals surface area contributed by atoms with E-state index >= 15 is 0 Å². The van der Waals surface area contributed by atoms with Crippen molar-refractivity contribution >= 4 is 17.9 Å². The van der Waals surface area contributed by atoms with Gasteiger partial charge in [-0.25, -0.2) is 0 Å². The molecule has 0 saturated carbocycles. The summed E-state index contributed by atoms with van der Waals surface area (Å²) in [5, 5.41) is 5.15. The maximum Gasteiger partial charge on any atom is 0.268 e. The third kappa shape index (κ3) is 2.11. The standard InChI is InChI=1S/C12H12N2O2/c1-8-11(15)14-10(12(16)13-8)7-9-5-3-2-4-6-9/h2-8H,1H3,(H,13,16)(H,14,15)/t8-/m1/s1. The number of carbonyl (C=O) groups excluding carboxylic acids is 2. The second-order valence-corrected chi connectivity index (χ2v) is 3.65. The molecule has 16 heavy (non-hydrogen) atoms. The van der Waals surface area contributed by atoms with Gasteiger partial charge in [-0.2, -0.15) is 0 Å². The molecule has 1 aliphatic rings. The van der Waals surface area contributed by atoms with E-state index in [1.165, 1.54) is 0 Å². The van der Waals surface area contributed by atoms with Crippen LogP contribution >= 0.6 is 0 Å². The molecule has 1 saturated heterocycles. The number of benzene rings is 1. The lowest BCUT2D eigenvalue weighted by Gasteiger charge is -2.21. The van der Waals surface area contributed by atoms with Crippen LogP contribution in [0.2, 0.25) is 0 Å². The molecule has 2 N–H and O–H groups in total. The average Bonchev–Trinajstić information content (AvgIpc) is 2.27. The van der Waals surface area contributed by atoms with Crippen molar-refractivity contribution in [3.05, 3.63) is 41.6 Å². The van der Waals surface area contributed by atoms with Crippen LogP contribution in [0.4, 0.5) is 0 Å². The summed E-state index contributed by atoms with van der Waals surface area (Å²) in [5.74, 6) is -0.447. The first-order valence-corrected chi connectivity index (χ1v) is 5.05. The topological polar surface area (TPSA) is 58.2 Å². The first-order chi connectivity index (χ1) is 7.66. The van der Waals surface area contributed by atoms with Gasteiger partial charge in [0.15, 0.2) is 0 Å². The summed E-state index contributed by atoms with van der Waals surface area (Å²) >= 11 is 0. The molecule has 1 aliphatic heterocycles. The average molecular weight is 216 g/mol. The van der Waals surface area contributed by atoms with Gasteiger partial charge in [0, 0.05) is 0 Å². The largest absolute Gasteiger partial charge is 0.339 e. The molecule has 4 nitrogen and oxygen atoms in total. The molecule has 1 aromatic rings. The first kappa shape index (κ1) is 10.4. The van der Waals surface area contributed by atoms with Crippen molar-refractivity contribution in [2.24, 2.45) is 0 Å². The van der Waals surface area contributed by atoms with Crippen LogP contribution < -0.4 is 10.6 Å². The molecular formula is C12H12N2O2. The van der Waals surface area contributed by atoms with Gasteiger partial charge in [0.1, 0.15) is 11.7 Å². The Morgan fingerprint density at radius 2 is 1.88 bits per heavy atom. The molecule has 1 fully saturated rings. The zero-order valence-corrected chi connectivity index (χ0v) is 8.86. The van der Waals surface area contributed by atoms with Crippen LogP contribution in [0.15, 0.2) is 36.0 Å². The molecule has 82 valence electrons. The Morgan fingerprint density at radius 3 is 2.56 bits per heavy atom. The van der Waals surface area contributed by atoms with E-state index in [1.807, 2.05) is 30.3 Å². The second-order valence-electron chi connectivity index (χ2n) is 3.65. The summed E-state index contributed by atoms with van der Waals surface area (Å²) in [5.41, 5.74) is 1.16. The zero-order valence-electron chi connectivity index (χ0n) is 8.86. The first-order valence-electron chi connectivity index (χ1n) is 5.05. The fraction of sp³-hybridized carbons (Fsp3) is 0.167. The maximum absolute atomic E-state index is 11.6. The van der Waals surface area contributed by atoms with E-state index < -0.39 is 6.04 Å². The molecule has 0 aliphatic carbocycles. The van der Waals surface area contributed by atoms with Crippen molar-refractivity contribution in [2.45, 2.75) is 13.0 Å². The van der Waals surface area contributed by atoms with E-state index in [9.17, 15) is 9.59 Å². The van der Waals surface area contributed by atoms with Gasteiger partial charge in [0.05, 0.1) is 0 Å². The molecular weight excluding hydrogens is 204 g/mol. The Morgan fingerprint density at radius 1 is 1.19 bits per heavy atom. The number of rotatable bonds is 1. The number of hydrogen-bond donors (Lipinski definition) is 2. The Balaban J connectivity index is 2.25. The summed E-state index contributed by atoms with van der Waals surface area (Å²) in [4.78, 5) is 22.9. The normalized spacial score (nSPS) is 22.8. The van der Waals surface area contributed by atoms with E-state index in [0.29, 0.717) is 0 Å². The molecule has 0 spiro atoms. The maximum atomic E-state index is 11.6. The van der Waals surface area contributed by atoms with Gasteiger partial charge >= 0.3 is 0 Å². The molecule has 0 aromatic heterocycles. The van der Waals surface area contributed by atoms with Crippen molar-refractivity contribution in [3.63, 3.8) is 0 Å². The van der Waals surface area contributed by atoms with Crippen LogP contribution in [0.5, 0.6) is 0 Å². The van der Waals surface area contributed by atoms with Crippen LogP contribution in [0.1, 0.15) is 12.5 Å². The van der Waals surface area contributed by atoms with Gasteiger partial charge in [-0.3, -0.25) is 9.59 Å². The number of nitrogens with one attached hydrogen (secondary N) is 2. The Kier molecular flexibility index (Phi) is 2.72. The summed E-state index contributed by atoms with van der Waals surface area (Å²) < 4.78 is 0. The van der Waals surface area contributed by atoms with Crippen LogP contribution in [-0.4, -0.2) is 17.9 Å².